The van der Waals surface area contributed by atoms with Crippen LogP contribution in [0.3, 0.4) is 0 Å². The molecule has 0 atom stereocenters. The molecule has 7 heteroatoms. The molecule has 0 spiro atoms. The Kier molecular flexibility index (Phi) is 4.55. The van der Waals surface area contributed by atoms with Crippen LogP contribution in [-0.2, 0) is 9.59 Å². The van der Waals surface area contributed by atoms with E-state index in [2.05, 4.69) is 10.5 Å². The predicted molar refractivity (Wildman–Crippen MR) is 89.6 cm³/mol. The van der Waals surface area contributed by atoms with Gasteiger partial charge in [0, 0.05) is 9.77 Å². The van der Waals surface area contributed by atoms with Crippen molar-refractivity contribution in [2.24, 2.45) is 5.10 Å². The van der Waals surface area contributed by atoms with Crippen molar-refractivity contribution < 1.29 is 9.59 Å². The summed E-state index contributed by atoms with van der Waals surface area (Å²) in [4.78, 5) is 27.5. The second-order valence-corrected chi connectivity index (χ2v) is 6.54. The van der Waals surface area contributed by atoms with Crippen LogP contribution < -0.4 is 10.3 Å². The molecule has 3 rings (SSSR count). The second-order valence-electron chi connectivity index (χ2n) is 4.54. The van der Waals surface area contributed by atoms with Gasteiger partial charge in [-0.1, -0.05) is 18.2 Å². The predicted octanol–water partition coefficient (Wildman–Crippen LogP) is 2.34. The van der Waals surface area contributed by atoms with E-state index in [0.717, 1.165) is 15.5 Å². The molecule has 1 N–H and O–H groups in total. The van der Waals surface area contributed by atoms with Gasteiger partial charge in [0.2, 0.25) is 5.91 Å². The summed E-state index contributed by atoms with van der Waals surface area (Å²) in [6.45, 7) is -0.0296. The molecule has 22 heavy (non-hydrogen) atoms. The quantitative estimate of drug-likeness (QED) is 0.691. The van der Waals surface area contributed by atoms with Gasteiger partial charge in [-0.05, 0) is 23.6 Å². The van der Waals surface area contributed by atoms with Crippen LogP contribution in [0.1, 0.15) is 4.88 Å². The largest absolute Gasteiger partial charge is 0.301 e. The van der Waals surface area contributed by atoms with E-state index in [4.69, 9.17) is 0 Å². The number of thioether (sulfide) groups is 1. The van der Waals surface area contributed by atoms with Gasteiger partial charge in [-0.3, -0.25) is 9.59 Å². The summed E-state index contributed by atoms with van der Waals surface area (Å²) >= 11 is 3.03. The van der Waals surface area contributed by atoms with E-state index in [-0.39, 0.29) is 18.4 Å². The first kappa shape index (κ1) is 14.8. The maximum absolute atomic E-state index is 12.0. The summed E-state index contributed by atoms with van der Waals surface area (Å²) in [5.74, 6) is -0.0353. The summed E-state index contributed by atoms with van der Waals surface area (Å²) in [6.07, 6.45) is 1.59. The second kappa shape index (κ2) is 6.76. The van der Waals surface area contributed by atoms with Crippen molar-refractivity contribution in [3.8, 4) is 0 Å². The van der Waals surface area contributed by atoms with Crippen LogP contribution in [0.15, 0.2) is 51.8 Å². The maximum Gasteiger partial charge on any atom is 0.260 e. The zero-order chi connectivity index (χ0) is 15.4. The van der Waals surface area contributed by atoms with Crippen molar-refractivity contribution in [3.63, 3.8) is 0 Å². The number of fused-ring (bicyclic) bond motifs is 1. The van der Waals surface area contributed by atoms with Crippen LogP contribution in [0.4, 0.5) is 5.69 Å². The Bertz CT molecular complexity index is 713. The van der Waals surface area contributed by atoms with E-state index in [9.17, 15) is 9.59 Å². The van der Waals surface area contributed by atoms with E-state index in [0.29, 0.717) is 5.75 Å². The molecule has 2 heterocycles. The van der Waals surface area contributed by atoms with Crippen LogP contribution in [0.25, 0.3) is 0 Å². The van der Waals surface area contributed by atoms with Gasteiger partial charge in [-0.15, -0.1) is 23.1 Å². The molecule has 2 amide bonds. The Morgan fingerprint density at radius 3 is 3.00 bits per heavy atom. The van der Waals surface area contributed by atoms with Crippen molar-refractivity contribution in [2.45, 2.75) is 4.90 Å². The molecule has 0 radical (unpaired) electrons. The fraction of sp³-hybridized carbons (Fsp3) is 0.133. The Labute approximate surface area is 136 Å². The third-order valence-corrected chi connectivity index (χ3v) is 4.89. The summed E-state index contributed by atoms with van der Waals surface area (Å²) in [5.41, 5.74) is 3.23. The highest BCUT2D eigenvalue weighted by atomic mass is 32.2. The number of carbonyl (C=O) groups excluding carboxylic acids is 2. The van der Waals surface area contributed by atoms with Crippen molar-refractivity contribution in [2.75, 3.05) is 17.2 Å². The molecule has 0 fully saturated rings. The number of rotatable bonds is 4. The first-order chi connectivity index (χ1) is 10.7. The molecule has 0 unspecified atom stereocenters. The number of hydrogen-bond donors (Lipinski definition) is 1. The van der Waals surface area contributed by atoms with Crippen LogP contribution in [0, 0.1) is 0 Å². The molecule has 0 saturated carbocycles. The molecule has 0 aliphatic carbocycles. The van der Waals surface area contributed by atoms with Crippen LogP contribution in [0.5, 0.6) is 0 Å². The van der Waals surface area contributed by atoms with Gasteiger partial charge in [0.1, 0.15) is 6.54 Å². The smallest absolute Gasteiger partial charge is 0.260 e. The minimum atomic E-state index is -0.317. The highest BCUT2D eigenvalue weighted by Gasteiger charge is 2.25. The number of amides is 2. The third kappa shape index (κ3) is 3.37. The van der Waals surface area contributed by atoms with E-state index < -0.39 is 0 Å². The molecule has 0 bridgehead atoms. The number of hydrazone groups is 1. The monoisotopic (exact) mass is 331 g/mol. The van der Waals surface area contributed by atoms with Crippen LogP contribution in [-0.4, -0.2) is 30.3 Å². The fourth-order valence-corrected chi connectivity index (χ4v) is 3.56. The number of nitrogens with one attached hydrogen (secondary N) is 1. The Morgan fingerprint density at radius 2 is 2.18 bits per heavy atom. The lowest BCUT2D eigenvalue weighted by Crippen LogP contribution is -2.42. The summed E-state index contributed by atoms with van der Waals surface area (Å²) in [7, 11) is 0. The molecular formula is C15H13N3O2S2. The molecule has 2 aromatic rings. The molecule has 1 aliphatic heterocycles. The number of benzene rings is 1. The van der Waals surface area contributed by atoms with Crippen molar-refractivity contribution in [3.05, 3.63) is 46.7 Å². The van der Waals surface area contributed by atoms with E-state index >= 15 is 0 Å². The zero-order valence-corrected chi connectivity index (χ0v) is 13.2. The normalized spacial score (nSPS) is 14.2. The Morgan fingerprint density at radius 1 is 1.32 bits per heavy atom. The Hall–Kier alpha value is -2.12. The molecule has 5 nitrogen and oxygen atoms in total. The standard InChI is InChI=1S/C15H13N3O2S2/c19-14(17-16-8-11-4-3-7-21-11)9-18-12-5-1-2-6-13(12)22-10-15(18)20/h1-8H,9-10H2,(H,17,19)/b16-8+. The van der Waals surface area contributed by atoms with Gasteiger partial charge in [0.15, 0.2) is 0 Å². The molecule has 1 aromatic heterocycles. The SMILES string of the molecule is O=C(CN1C(=O)CSc2ccccc21)N/N=C/c1cccs1. The van der Waals surface area contributed by atoms with Crippen molar-refractivity contribution in [1.82, 2.24) is 5.43 Å². The van der Waals surface area contributed by atoms with Crippen LogP contribution >= 0.6 is 23.1 Å². The number of anilines is 1. The number of hydrogen-bond acceptors (Lipinski definition) is 5. The minimum Gasteiger partial charge on any atom is -0.301 e. The van der Waals surface area contributed by atoms with E-state index in [1.165, 1.54) is 28.0 Å². The molecule has 1 aromatic carbocycles. The lowest BCUT2D eigenvalue weighted by atomic mass is 10.2. The topological polar surface area (TPSA) is 61.8 Å². The molecular weight excluding hydrogens is 318 g/mol. The van der Waals surface area contributed by atoms with Gasteiger partial charge >= 0.3 is 0 Å². The first-order valence-electron chi connectivity index (χ1n) is 6.61. The molecule has 1 aliphatic rings. The highest BCUT2D eigenvalue weighted by Crippen LogP contribution is 2.34. The van der Waals surface area contributed by atoms with E-state index in [1.54, 1.807) is 6.21 Å². The molecule has 0 saturated heterocycles. The minimum absolute atomic E-state index is 0.0296. The van der Waals surface area contributed by atoms with Crippen molar-refractivity contribution >= 4 is 46.8 Å². The number of thiophene rings is 1. The summed E-state index contributed by atoms with van der Waals surface area (Å²) in [6, 6.07) is 11.4. The van der Waals surface area contributed by atoms with Gasteiger partial charge in [-0.25, -0.2) is 5.43 Å². The fourth-order valence-electron chi connectivity index (χ4n) is 2.04. The van der Waals surface area contributed by atoms with E-state index in [1.807, 2.05) is 41.8 Å². The highest BCUT2D eigenvalue weighted by molar-refractivity contribution is 8.00. The van der Waals surface area contributed by atoms with Gasteiger partial charge in [0.05, 0.1) is 17.7 Å². The summed E-state index contributed by atoms with van der Waals surface area (Å²) < 4.78 is 0. The zero-order valence-electron chi connectivity index (χ0n) is 11.6. The maximum atomic E-state index is 12.0. The number of carbonyl (C=O) groups is 2. The van der Waals surface area contributed by atoms with Gasteiger partial charge in [0.25, 0.3) is 5.91 Å². The van der Waals surface area contributed by atoms with Gasteiger partial charge < -0.3 is 4.90 Å². The molecule has 112 valence electrons. The lowest BCUT2D eigenvalue weighted by molar-refractivity contribution is -0.122. The number of para-hydroxylation sites is 1. The summed E-state index contributed by atoms with van der Waals surface area (Å²) in [5, 5.41) is 5.84. The third-order valence-electron chi connectivity index (χ3n) is 3.03. The average Bonchev–Trinajstić information content (AvgIpc) is 3.03. The average molecular weight is 331 g/mol. The first-order valence-corrected chi connectivity index (χ1v) is 8.48. The van der Waals surface area contributed by atoms with Crippen molar-refractivity contribution in [1.29, 1.82) is 0 Å². The number of nitrogens with zero attached hydrogens (tertiary/aromatic N) is 2. The Balaban J connectivity index is 1.65. The van der Waals surface area contributed by atoms with Gasteiger partial charge in [-0.2, -0.15) is 5.10 Å². The lowest BCUT2D eigenvalue weighted by Gasteiger charge is -2.27. The van der Waals surface area contributed by atoms with Crippen LogP contribution in [0.2, 0.25) is 0 Å².